The second kappa shape index (κ2) is 7.61. The van der Waals surface area contributed by atoms with E-state index in [9.17, 15) is 4.39 Å². The van der Waals surface area contributed by atoms with E-state index in [1.165, 1.54) is 18.5 Å². The van der Waals surface area contributed by atoms with Gasteiger partial charge in [0.2, 0.25) is 0 Å². The van der Waals surface area contributed by atoms with Crippen LogP contribution in [0.3, 0.4) is 0 Å². The topological polar surface area (TPSA) is 42.7 Å². The summed E-state index contributed by atoms with van der Waals surface area (Å²) in [6.45, 7) is 0. The molecule has 0 unspecified atom stereocenters. The quantitative estimate of drug-likeness (QED) is 0.359. The summed E-state index contributed by atoms with van der Waals surface area (Å²) >= 11 is 6.23. The Balaban J connectivity index is 1.74. The molecule has 5 aromatic rings. The maximum Gasteiger partial charge on any atom is 0.150 e. The lowest BCUT2D eigenvalue weighted by Gasteiger charge is -2.09. The Hall–Kier alpha value is -3.70. The third-order valence-corrected chi connectivity index (χ3v) is 5.10. The molecule has 0 atom stereocenters. The number of nitrogens with one attached hydrogen (secondary N) is 1. The van der Waals surface area contributed by atoms with E-state index in [0.717, 1.165) is 33.5 Å². The lowest BCUT2D eigenvalue weighted by atomic mass is 10.1. The Kier molecular flexibility index (Phi) is 4.65. The zero-order valence-corrected chi connectivity index (χ0v) is 16.5. The molecule has 3 aromatic carbocycles. The van der Waals surface area contributed by atoms with Crippen molar-refractivity contribution >= 4 is 34.1 Å². The number of halogens is 2. The van der Waals surface area contributed by atoms with Crippen LogP contribution < -0.4 is 5.32 Å². The first-order chi connectivity index (χ1) is 14.7. The standard InChI is InChI=1S/C24H16ClFN4/c25-17-7-4-8-20(13-17)30-14-21(16-5-2-1-3-6-16)22-23(27-15-28-24(22)30)29-19-11-9-18(26)10-12-19/h1-15H,(H,27,28,29). The van der Waals surface area contributed by atoms with E-state index in [4.69, 9.17) is 11.6 Å². The van der Waals surface area contributed by atoms with Crippen LogP contribution in [-0.2, 0) is 0 Å². The van der Waals surface area contributed by atoms with Crippen molar-refractivity contribution in [3.8, 4) is 16.8 Å². The van der Waals surface area contributed by atoms with Crippen molar-refractivity contribution in [1.82, 2.24) is 14.5 Å². The zero-order chi connectivity index (χ0) is 20.5. The van der Waals surface area contributed by atoms with E-state index in [0.29, 0.717) is 10.8 Å². The van der Waals surface area contributed by atoms with Crippen molar-refractivity contribution < 1.29 is 4.39 Å². The van der Waals surface area contributed by atoms with E-state index in [2.05, 4.69) is 15.3 Å². The molecule has 146 valence electrons. The lowest BCUT2D eigenvalue weighted by Crippen LogP contribution is -1.98. The molecule has 4 nitrogen and oxygen atoms in total. The predicted molar refractivity (Wildman–Crippen MR) is 119 cm³/mol. The van der Waals surface area contributed by atoms with Gasteiger partial charge in [-0.2, -0.15) is 0 Å². The van der Waals surface area contributed by atoms with Crippen LogP contribution in [0.2, 0.25) is 5.02 Å². The highest BCUT2D eigenvalue weighted by molar-refractivity contribution is 6.30. The SMILES string of the molecule is Fc1ccc(Nc2ncnc3c2c(-c2ccccc2)cn3-c2cccc(Cl)c2)cc1. The number of hydrogen-bond acceptors (Lipinski definition) is 3. The van der Waals surface area contributed by atoms with Crippen molar-refractivity contribution in [2.75, 3.05) is 5.32 Å². The minimum Gasteiger partial charge on any atom is -0.340 e. The number of nitrogens with zero attached hydrogens (tertiary/aromatic N) is 3. The second-order valence-electron chi connectivity index (χ2n) is 6.81. The van der Waals surface area contributed by atoms with Crippen LogP contribution in [0.4, 0.5) is 15.9 Å². The molecule has 2 aromatic heterocycles. The Morgan fingerprint density at radius 3 is 2.43 bits per heavy atom. The minimum atomic E-state index is -0.287. The van der Waals surface area contributed by atoms with Gasteiger partial charge in [-0.25, -0.2) is 14.4 Å². The molecule has 0 fully saturated rings. The zero-order valence-electron chi connectivity index (χ0n) is 15.8. The average Bonchev–Trinajstić information content (AvgIpc) is 3.17. The average molecular weight is 415 g/mol. The minimum absolute atomic E-state index is 0.287. The van der Waals surface area contributed by atoms with Gasteiger partial charge in [0.25, 0.3) is 0 Å². The summed E-state index contributed by atoms with van der Waals surface area (Å²) in [4.78, 5) is 9.04. The van der Waals surface area contributed by atoms with Gasteiger partial charge in [0, 0.05) is 28.2 Å². The second-order valence-corrected chi connectivity index (χ2v) is 7.25. The molecule has 0 aliphatic heterocycles. The fraction of sp³-hybridized carbons (Fsp3) is 0. The number of fused-ring (bicyclic) bond motifs is 1. The number of anilines is 2. The largest absolute Gasteiger partial charge is 0.340 e. The Bertz CT molecular complexity index is 1330. The van der Waals surface area contributed by atoms with Gasteiger partial charge in [-0.3, -0.25) is 0 Å². The molecule has 0 saturated heterocycles. The summed E-state index contributed by atoms with van der Waals surface area (Å²) in [5, 5.41) is 4.82. The van der Waals surface area contributed by atoms with Crippen molar-refractivity contribution in [3.63, 3.8) is 0 Å². The molecular weight excluding hydrogens is 399 g/mol. The van der Waals surface area contributed by atoms with Crippen LogP contribution in [0.25, 0.3) is 27.8 Å². The molecule has 30 heavy (non-hydrogen) atoms. The van der Waals surface area contributed by atoms with Crippen molar-refractivity contribution in [1.29, 1.82) is 0 Å². The highest BCUT2D eigenvalue weighted by atomic mass is 35.5. The molecule has 6 heteroatoms. The number of benzene rings is 3. The van der Waals surface area contributed by atoms with E-state index in [-0.39, 0.29) is 5.82 Å². The first kappa shape index (κ1) is 18.3. The van der Waals surface area contributed by atoms with E-state index < -0.39 is 0 Å². The highest BCUT2D eigenvalue weighted by Crippen LogP contribution is 2.36. The molecule has 0 spiro atoms. The van der Waals surface area contributed by atoms with Crippen LogP contribution in [0.1, 0.15) is 0 Å². The summed E-state index contributed by atoms with van der Waals surface area (Å²) < 4.78 is 15.3. The van der Waals surface area contributed by atoms with Crippen LogP contribution in [0.15, 0.2) is 91.4 Å². The van der Waals surface area contributed by atoms with Crippen LogP contribution >= 0.6 is 11.6 Å². The molecule has 0 aliphatic rings. The van der Waals surface area contributed by atoms with E-state index in [1.807, 2.05) is 65.4 Å². The molecule has 0 aliphatic carbocycles. The summed E-state index contributed by atoms with van der Waals surface area (Å²) in [7, 11) is 0. The summed E-state index contributed by atoms with van der Waals surface area (Å²) in [6, 6.07) is 23.9. The van der Waals surface area contributed by atoms with Crippen molar-refractivity contribution in [2.24, 2.45) is 0 Å². The van der Waals surface area contributed by atoms with Gasteiger partial charge in [-0.1, -0.05) is 48.0 Å². The first-order valence-corrected chi connectivity index (χ1v) is 9.77. The molecule has 0 amide bonds. The number of hydrogen-bond donors (Lipinski definition) is 1. The van der Waals surface area contributed by atoms with Crippen LogP contribution in [0, 0.1) is 5.82 Å². The molecule has 0 saturated carbocycles. The summed E-state index contributed by atoms with van der Waals surface area (Å²) in [6.07, 6.45) is 3.56. The first-order valence-electron chi connectivity index (χ1n) is 9.39. The van der Waals surface area contributed by atoms with Crippen molar-refractivity contribution in [3.05, 3.63) is 102 Å². The third-order valence-electron chi connectivity index (χ3n) is 4.86. The predicted octanol–water partition coefficient (Wildman–Crippen LogP) is 6.62. The number of rotatable bonds is 4. The maximum absolute atomic E-state index is 13.3. The molecule has 5 rings (SSSR count). The Morgan fingerprint density at radius 2 is 1.67 bits per heavy atom. The van der Waals surface area contributed by atoms with Crippen molar-refractivity contribution in [2.45, 2.75) is 0 Å². The molecular formula is C24H16ClFN4. The summed E-state index contributed by atoms with van der Waals surface area (Å²) in [5.74, 6) is 0.358. The molecule has 1 N–H and O–H groups in total. The Morgan fingerprint density at radius 1 is 0.867 bits per heavy atom. The van der Waals surface area contributed by atoms with Gasteiger partial charge in [0.05, 0.1) is 5.39 Å². The van der Waals surface area contributed by atoms with Gasteiger partial charge in [-0.05, 0) is 48.0 Å². The fourth-order valence-electron chi connectivity index (χ4n) is 3.49. The smallest absolute Gasteiger partial charge is 0.150 e. The van der Waals surface area contributed by atoms with E-state index >= 15 is 0 Å². The highest BCUT2D eigenvalue weighted by Gasteiger charge is 2.17. The monoisotopic (exact) mass is 414 g/mol. The Labute approximate surface area is 177 Å². The molecule has 0 radical (unpaired) electrons. The summed E-state index contributed by atoms with van der Waals surface area (Å²) in [5.41, 5.74) is 4.42. The van der Waals surface area contributed by atoms with Gasteiger partial charge in [0.15, 0.2) is 5.65 Å². The normalized spacial score (nSPS) is 11.0. The van der Waals surface area contributed by atoms with Gasteiger partial charge in [0.1, 0.15) is 18.0 Å². The lowest BCUT2D eigenvalue weighted by molar-refractivity contribution is 0.628. The van der Waals surface area contributed by atoms with Crippen LogP contribution in [0.5, 0.6) is 0 Å². The fourth-order valence-corrected chi connectivity index (χ4v) is 3.67. The maximum atomic E-state index is 13.3. The van der Waals surface area contributed by atoms with E-state index in [1.54, 1.807) is 12.1 Å². The van der Waals surface area contributed by atoms with Gasteiger partial charge >= 0.3 is 0 Å². The van der Waals surface area contributed by atoms with Gasteiger partial charge in [-0.15, -0.1) is 0 Å². The van der Waals surface area contributed by atoms with Crippen LogP contribution in [-0.4, -0.2) is 14.5 Å². The van der Waals surface area contributed by atoms with Gasteiger partial charge < -0.3 is 9.88 Å². The molecule has 0 bridgehead atoms. The molecule has 2 heterocycles. The number of aromatic nitrogens is 3. The third kappa shape index (κ3) is 3.40.